The number of rotatable bonds is 6. The maximum absolute atomic E-state index is 9.01. The van der Waals surface area contributed by atoms with E-state index in [4.69, 9.17) is 5.26 Å². The van der Waals surface area contributed by atoms with Gasteiger partial charge in [0, 0.05) is 24.8 Å². The van der Waals surface area contributed by atoms with E-state index >= 15 is 0 Å². The van der Waals surface area contributed by atoms with E-state index in [1.807, 2.05) is 36.4 Å². The quantitative estimate of drug-likeness (QED) is 0.737. The van der Waals surface area contributed by atoms with Crippen molar-refractivity contribution >= 4 is 17.3 Å². The molecule has 1 aromatic heterocycles. The Labute approximate surface area is 147 Å². The fraction of sp³-hybridized carbons (Fsp3) is 0.150. The van der Waals surface area contributed by atoms with Gasteiger partial charge in [0.05, 0.1) is 11.6 Å². The van der Waals surface area contributed by atoms with Crippen LogP contribution in [0.25, 0.3) is 0 Å². The van der Waals surface area contributed by atoms with Crippen molar-refractivity contribution in [1.82, 2.24) is 9.97 Å². The molecule has 0 fully saturated rings. The van der Waals surface area contributed by atoms with E-state index in [9.17, 15) is 0 Å². The topological polar surface area (TPSA) is 64.8 Å². The normalized spacial score (nSPS) is 10.1. The molecule has 124 valence electrons. The number of hydrogen-bond donors (Lipinski definition) is 1. The third-order valence-electron chi connectivity index (χ3n) is 3.84. The molecule has 3 rings (SSSR count). The first-order chi connectivity index (χ1) is 12.3. The molecule has 5 nitrogen and oxygen atoms in total. The van der Waals surface area contributed by atoms with Crippen molar-refractivity contribution in [2.24, 2.45) is 0 Å². The maximum atomic E-state index is 9.01. The van der Waals surface area contributed by atoms with Crippen LogP contribution in [-0.4, -0.2) is 16.5 Å². The predicted molar refractivity (Wildman–Crippen MR) is 99.6 cm³/mol. The Kier molecular flexibility index (Phi) is 5.22. The van der Waals surface area contributed by atoms with Gasteiger partial charge in [-0.05, 0) is 30.7 Å². The highest BCUT2D eigenvalue weighted by Crippen LogP contribution is 2.20. The van der Waals surface area contributed by atoms with Gasteiger partial charge in [0.2, 0.25) is 0 Å². The van der Waals surface area contributed by atoms with E-state index < -0.39 is 0 Å². The molecule has 0 saturated carbocycles. The molecule has 0 aliphatic carbocycles. The van der Waals surface area contributed by atoms with Crippen molar-refractivity contribution in [3.05, 3.63) is 78.1 Å². The van der Waals surface area contributed by atoms with Crippen molar-refractivity contribution in [2.45, 2.75) is 13.5 Å². The largest absolute Gasteiger partial charge is 0.352 e. The lowest BCUT2D eigenvalue weighted by Gasteiger charge is -2.22. The molecule has 0 radical (unpaired) electrons. The molecule has 0 atom stereocenters. The van der Waals surface area contributed by atoms with Crippen LogP contribution in [-0.2, 0) is 6.54 Å². The van der Waals surface area contributed by atoms with Crippen molar-refractivity contribution in [2.75, 3.05) is 16.8 Å². The molecular weight excluding hydrogens is 310 g/mol. The third-order valence-corrected chi connectivity index (χ3v) is 3.84. The summed E-state index contributed by atoms with van der Waals surface area (Å²) in [4.78, 5) is 10.9. The third kappa shape index (κ3) is 4.33. The Hall–Kier alpha value is -3.39. The van der Waals surface area contributed by atoms with Gasteiger partial charge in [0.1, 0.15) is 18.0 Å². The van der Waals surface area contributed by atoms with E-state index in [2.05, 4.69) is 45.3 Å². The number of benzene rings is 2. The minimum Gasteiger partial charge on any atom is -0.352 e. The van der Waals surface area contributed by atoms with Crippen LogP contribution in [0, 0.1) is 11.3 Å². The highest BCUT2D eigenvalue weighted by Gasteiger charge is 2.08. The van der Waals surface area contributed by atoms with Crippen molar-refractivity contribution in [3.63, 3.8) is 0 Å². The molecule has 0 amide bonds. The zero-order valence-electron chi connectivity index (χ0n) is 14.1. The summed E-state index contributed by atoms with van der Waals surface area (Å²) in [5, 5.41) is 12.2. The summed E-state index contributed by atoms with van der Waals surface area (Å²) in [5.41, 5.74) is 2.67. The molecular formula is C20H19N5. The fourth-order valence-electron chi connectivity index (χ4n) is 2.56. The second kappa shape index (κ2) is 7.93. The maximum Gasteiger partial charge on any atom is 0.135 e. The molecule has 5 heteroatoms. The number of aromatic nitrogens is 2. The minimum absolute atomic E-state index is 0.610. The van der Waals surface area contributed by atoms with Crippen LogP contribution in [0.4, 0.5) is 17.3 Å². The zero-order valence-corrected chi connectivity index (χ0v) is 14.1. The molecule has 0 bridgehead atoms. The van der Waals surface area contributed by atoms with Gasteiger partial charge in [0.15, 0.2) is 0 Å². The van der Waals surface area contributed by atoms with E-state index in [1.54, 1.807) is 18.5 Å². The molecule has 1 heterocycles. The minimum atomic E-state index is 0.610. The molecule has 0 unspecified atom stereocenters. The van der Waals surface area contributed by atoms with Gasteiger partial charge < -0.3 is 10.2 Å². The lowest BCUT2D eigenvalue weighted by molar-refractivity contribution is 0.810. The molecule has 0 aliphatic heterocycles. The Balaban J connectivity index is 1.79. The van der Waals surface area contributed by atoms with Crippen molar-refractivity contribution in [3.8, 4) is 6.07 Å². The molecule has 0 aliphatic rings. The molecule has 0 saturated heterocycles. The molecule has 1 N–H and O–H groups in total. The van der Waals surface area contributed by atoms with Gasteiger partial charge in [-0.25, -0.2) is 9.97 Å². The predicted octanol–water partition coefficient (Wildman–Crippen LogP) is 4.12. The van der Waals surface area contributed by atoms with Crippen LogP contribution in [0.5, 0.6) is 0 Å². The van der Waals surface area contributed by atoms with Gasteiger partial charge in [-0.3, -0.25) is 0 Å². The summed E-state index contributed by atoms with van der Waals surface area (Å²) in [5.74, 6) is 1.56. The monoisotopic (exact) mass is 329 g/mol. The van der Waals surface area contributed by atoms with E-state index in [1.165, 1.54) is 5.56 Å². The molecule has 3 aromatic rings. The Morgan fingerprint density at radius 2 is 1.88 bits per heavy atom. The SMILES string of the molecule is CCN(Cc1ccccc1)c1cc(Nc2cccc(C#N)c2)ncn1. The first-order valence-electron chi connectivity index (χ1n) is 8.16. The number of nitrogens with one attached hydrogen (secondary N) is 1. The van der Waals surface area contributed by atoms with Crippen LogP contribution in [0.15, 0.2) is 67.0 Å². The van der Waals surface area contributed by atoms with Crippen LogP contribution in [0.1, 0.15) is 18.1 Å². The van der Waals surface area contributed by atoms with Crippen LogP contribution in [0.2, 0.25) is 0 Å². The van der Waals surface area contributed by atoms with Crippen LogP contribution < -0.4 is 10.2 Å². The van der Waals surface area contributed by atoms with Gasteiger partial charge in [-0.2, -0.15) is 5.26 Å². The second-order valence-corrected chi connectivity index (χ2v) is 5.58. The smallest absolute Gasteiger partial charge is 0.135 e. The standard InChI is InChI=1S/C20H19N5/c1-2-25(14-16-7-4-3-5-8-16)20-12-19(22-15-23-20)24-18-10-6-9-17(11-18)13-21/h3-12,15H,2,14H2,1H3,(H,22,23,24). The summed E-state index contributed by atoms with van der Waals surface area (Å²) in [6, 6.07) is 21.7. The van der Waals surface area contributed by atoms with Crippen molar-refractivity contribution in [1.29, 1.82) is 5.26 Å². The Morgan fingerprint density at radius 1 is 1.04 bits per heavy atom. The number of anilines is 3. The summed E-state index contributed by atoms with van der Waals surface area (Å²) in [6.45, 7) is 3.74. The molecule has 2 aromatic carbocycles. The van der Waals surface area contributed by atoms with Gasteiger partial charge in [-0.15, -0.1) is 0 Å². The molecule has 0 spiro atoms. The highest BCUT2D eigenvalue weighted by molar-refractivity contribution is 5.61. The van der Waals surface area contributed by atoms with Crippen LogP contribution in [0.3, 0.4) is 0 Å². The Morgan fingerprint density at radius 3 is 2.64 bits per heavy atom. The summed E-state index contributed by atoms with van der Waals surface area (Å²) in [6.07, 6.45) is 1.56. The average molecular weight is 329 g/mol. The summed E-state index contributed by atoms with van der Waals surface area (Å²) in [7, 11) is 0. The first kappa shape index (κ1) is 16.5. The average Bonchev–Trinajstić information content (AvgIpc) is 2.67. The van der Waals surface area contributed by atoms with E-state index in [0.717, 1.165) is 24.6 Å². The lowest BCUT2D eigenvalue weighted by Crippen LogP contribution is -2.23. The highest BCUT2D eigenvalue weighted by atomic mass is 15.2. The van der Waals surface area contributed by atoms with Gasteiger partial charge in [-0.1, -0.05) is 36.4 Å². The first-order valence-corrected chi connectivity index (χ1v) is 8.16. The van der Waals surface area contributed by atoms with Gasteiger partial charge in [0.25, 0.3) is 0 Å². The number of nitrogens with zero attached hydrogens (tertiary/aromatic N) is 4. The number of hydrogen-bond acceptors (Lipinski definition) is 5. The zero-order chi connectivity index (χ0) is 17.5. The fourth-order valence-corrected chi connectivity index (χ4v) is 2.56. The molecule has 25 heavy (non-hydrogen) atoms. The number of nitriles is 1. The van der Waals surface area contributed by atoms with Gasteiger partial charge >= 0.3 is 0 Å². The van der Waals surface area contributed by atoms with E-state index in [-0.39, 0.29) is 0 Å². The lowest BCUT2D eigenvalue weighted by atomic mass is 10.2. The van der Waals surface area contributed by atoms with Crippen LogP contribution >= 0.6 is 0 Å². The Bertz CT molecular complexity index is 871. The second-order valence-electron chi connectivity index (χ2n) is 5.58. The van der Waals surface area contributed by atoms with Crippen molar-refractivity contribution < 1.29 is 0 Å². The summed E-state index contributed by atoms with van der Waals surface area (Å²) >= 11 is 0. The van der Waals surface area contributed by atoms with E-state index in [0.29, 0.717) is 11.4 Å². The summed E-state index contributed by atoms with van der Waals surface area (Å²) < 4.78 is 0.